The minimum Gasteiger partial charge on any atom is -0.507 e. The van der Waals surface area contributed by atoms with E-state index in [4.69, 9.17) is 11.6 Å². The van der Waals surface area contributed by atoms with Crippen LogP contribution in [0.2, 0.25) is 5.02 Å². The van der Waals surface area contributed by atoms with E-state index in [0.29, 0.717) is 16.3 Å². The van der Waals surface area contributed by atoms with Crippen LogP contribution >= 0.6 is 11.6 Å². The molecule has 1 heterocycles. The largest absolute Gasteiger partial charge is 0.507 e. The lowest BCUT2D eigenvalue weighted by atomic mass is 9.85. The quantitative estimate of drug-likeness (QED) is 0.241. The van der Waals surface area contributed by atoms with E-state index in [0.717, 1.165) is 27.8 Å². The van der Waals surface area contributed by atoms with Crippen LogP contribution in [0.4, 0.5) is 5.69 Å². The van der Waals surface area contributed by atoms with Gasteiger partial charge in [0.05, 0.1) is 11.6 Å². The Morgan fingerprint density at radius 1 is 0.886 bits per heavy atom. The maximum absolute atomic E-state index is 13.5. The number of halogens is 1. The van der Waals surface area contributed by atoms with Gasteiger partial charge >= 0.3 is 0 Å². The van der Waals surface area contributed by atoms with Crippen LogP contribution < -0.4 is 4.90 Å². The lowest BCUT2D eigenvalue weighted by Gasteiger charge is -2.28. The summed E-state index contributed by atoms with van der Waals surface area (Å²) in [7, 11) is 0. The molecule has 0 aromatic heterocycles. The summed E-state index contributed by atoms with van der Waals surface area (Å²) in [6, 6.07) is 18.0. The SMILES string of the molecule is Cc1ccc(C)c(/C(O)=C2\C(=O)C(=O)N(c3ccc(Cl)cc3C)C2c2ccc(C(C)(C)C)cc2)c1. The Bertz CT molecular complexity index is 1360. The van der Waals surface area contributed by atoms with Crippen molar-refractivity contribution in [1.82, 2.24) is 0 Å². The average molecular weight is 488 g/mol. The van der Waals surface area contributed by atoms with Crippen LogP contribution in [-0.2, 0) is 15.0 Å². The first-order valence-corrected chi connectivity index (χ1v) is 12.0. The van der Waals surface area contributed by atoms with E-state index in [2.05, 4.69) is 20.8 Å². The van der Waals surface area contributed by atoms with Gasteiger partial charge in [0, 0.05) is 16.3 Å². The van der Waals surface area contributed by atoms with Gasteiger partial charge in [-0.2, -0.15) is 0 Å². The number of hydrogen-bond donors (Lipinski definition) is 1. The number of nitrogens with zero attached hydrogens (tertiary/aromatic N) is 1. The third-order valence-electron chi connectivity index (χ3n) is 6.60. The third-order valence-corrected chi connectivity index (χ3v) is 6.84. The minimum atomic E-state index is -0.774. The lowest BCUT2D eigenvalue weighted by Crippen LogP contribution is -2.30. The van der Waals surface area contributed by atoms with E-state index in [1.54, 1.807) is 18.2 Å². The zero-order valence-electron chi connectivity index (χ0n) is 20.9. The molecule has 35 heavy (non-hydrogen) atoms. The number of anilines is 1. The maximum atomic E-state index is 13.5. The predicted molar refractivity (Wildman–Crippen MR) is 142 cm³/mol. The molecule has 4 rings (SSSR count). The van der Waals surface area contributed by atoms with Crippen molar-refractivity contribution in [2.24, 2.45) is 0 Å². The molecule has 5 heteroatoms. The van der Waals surface area contributed by atoms with Crippen molar-refractivity contribution in [3.8, 4) is 0 Å². The van der Waals surface area contributed by atoms with Crippen molar-refractivity contribution in [3.05, 3.63) is 105 Å². The van der Waals surface area contributed by atoms with Gasteiger partial charge in [-0.15, -0.1) is 0 Å². The summed E-state index contributed by atoms with van der Waals surface area (Å²) < 4.78 is 0. The van der Waals surface area contributed by atoms with Crippen LogP contribution in [0.1, 0.15) is 60.2 Å². The highest BCUT2D eigenvalue weighted by molar-refractivity contribution is 6.51. The van der Waals surface area contributed by atoms with Crippen molar-refractivity contribution in [2.45, 2.75) is 53.0 Å². The topological polar surface area (TPSA) is 57.6 Å². The van der Waals surface area contributed by atoms with Gasteiger partial charge in [0.25, 0.3) is 11.7 Å². The molecule has 0 radical (unpaired) electrons. The molecule has 0 saturated carbocycles. The van der Waals surface area contributed by atoms with E-state index >= 15 is 0 Å². The van der Waals surface area contributed by atoms with Gasteiger partial charge in [-0.3, -0.25) is 14.5 Å². The monoisotopic (exact) mass is 487 g/mol. The summed E-state index contributed by atoms with van der Waals surface area (Å²) in [5, 5.41) is 12.0. The normalized spacial score (nSPS) is 17.8. The van der Waals surface area contributed by atoms with Crippen molar-refractivity contribution in [2.75, 3.05) is 4.90 Å². The first-order chi connectivity index (χ1) is 16.4. The van der Waals surface area contributed by atoms with Gasteiger partial charge in [0.15, 0.2) is 0 Å². The van der Waals surface area contributed by atoms with Crippen molar-refractivity contribution < 1.29 is 14.7 Å². The Morgan fingerprint density at radius 3 is 2.14 bits per heavy atom. The van der Waals surface area contributed by atoms with Crippen LogP contribution in [0.3, 0.4) is 0 Å². The Kier molecular flexibility index (Phi) is 6.37. The number of hydrogen-bond acceptors (Lipinski definition) is 3. The molecule has 0 bridgehead atoms. The number of amides is 1. The molecule has 3 aromatic carbocycles. The third kappa shape index (κ3) is 4.51. The summed E-state index contributed by atoms with van der Waals surface area (Å²) in [5.41, 5.74) is 5.59. The van der Waals surface area contributed by atoms with Crippen molar-refractivity contribution in [3.63, 3.8) is 0 Å². The number of ketones is 1. The Hall–Kier alpha value is -3.37. The lowest BCUT2D eigenvalue weighted by molar-refractivity contribution is -0.132. The summed E-state index contributed by atoms with van der Waals surface area (Å²) in [5.74, 6) is -1.54. The molecule has 0 aliphatic carbocycles. The predicted octanol–water partition coefficient (Wildman–Crippen LogP) is 7.19. The number of carbonyl (C=O) groups is 2. The second-order valence-electron chi connectivity index (χ2n) is 10.3. The molecule has 180 valence electrons. The molecule has 1 aliphatic heterocycles. The zero-order chi connectivity index (χ0) is 25.7. The van der Waals surface area contributed by atoms with Gasteiger partial charge in [-0.05, 0) is 72.7 Å². The Labute approximate surface area is 211 Å². The van der Waals surface area contributed by atoms with Crippen molar-refractivity contribution in [1.29, 1.82) is 0 Å². The number of aliphatic hydroxyl groups excluding tert-OH is 1. The Morgan fingerprint density at radius 2 is 1.54 bits per heavy atom. The van der Waals surface area contributed by atoms with Crippen LogP contribution in [0, 0.1) is 20.8 Å². The molecule has 1 fully saturated rings. The highest BCUT2D eigenvalue weighted by atomic mass is 35.5. The summed E-state index contributed by atoms with van der Waals surface area (Å²) in [6.07, 6.45) is 0. The summed E-state index contributed by atoms with van der Waals surface area (Å²) >= 11 is 6.17. The molecule has 3 aromatic rings. The number of Topliss-reactive ketones (excluding diaryl/α,β-unsaturated/α-hetero) is 1. The van der Waals surface area contributed by atoms with E-state index in [-0.39, 0.29) is 16.7 Å². The van der Waals surface area contributed by atoms with Gasteiger partial charge in [0.2, 0.25) is 0 Å². The number of benzene rings is 3. The second-order valence-corrected chi connectivity index (χ2v) is 10.7. The number of rotatable bonds is 3. The van der Waals surface area contributed by atoms with Gasteiger partial charge in [0.1, 0.15) is 5.76 Å². The van der Waals surface area contributed by atoms with E-state index < -0.39 is 17.7 Å². The minimum absolute atomic E-state index is 0.0498. The molecule has 1 N–H and O–H groups in total. The highest BCUT2D eigenvalue weighted by Crippen LogP contribution is 2.44. The van der Waals surface area contributed by atoms with Crippen LogP contribution in [0.15, 0.2) is 66.2 Å². The standard InChI is InChI=1S/C30H30ClNO3/c1-17-7-8-18(2)23(15-17)27(33)25-26(20-9-11-21(12-10-20)30(4,5)6)32(29(35)28(25)34)24-14-13-22(31)16-19(24)3/h7-16,26,33H,1-6H3/b27-25+. The molecule has 1 saturated heterocycles. The zero-order valence-corrected chi connectivity index (χ0v) is 21.7. The first kappa shape index (κ1) is 24.7. The van der Waals surface area contributed by atoms with Gasteiger partial charge in [-0.25, -0.2) is 0 Å². The fourth-order valence-corrected chi connectivity index (χ4v) is 4.81. The number of carbonyl (C=O) groups excluding carboxylic acids is 2. The van der Waals surface area contributed by atoms with Gasteiger partial charge in [-0.1, -0.05) is 74.3 Å². The summed E-state index contributed by atoms with van der Waals surface area (Å²) in [4.78, 5) is 28.4. The molecule has 4 nitrogen and oxygen atoms in total. The first-order valence-electron chi connectivity index (χ1n) is 11.7. The summed E-state index contributed by atoms with van der Waals surface area (Å²) in [6.45, 7) is 12.0. The second kappa shape index (κ2) is 9.01. The number of aryl methyl sites for hydroxylation is 3. The molecular formula is C30H30ClNO3. The molecular weight excluding hydrogens is 458 g/mol. The Balaban J connectivity index is 1.98. The molecule has 1 aliphatic rings. The molecule has 0 spiro atoms. The van der Waals surface area contributed by atoms with E-state index in [9.17, 15) is 14.7 Å². The van der Waals surface area contributed by atoms with E-state index in [1.165, 1.54) is 4.90 Å². The molecule has 1 atom stereocenters. The van der Waals surface area contributed by atoms with Crippen LogP contribution in [0.5, 0.6) is 0 Å². The highest BCUT2D eigenvalue weighted by Gasteiger charge is 2.47. The van der Waals surface area contributed by atoms with Crippen LogP contribution in [-0.4, -0.2) is 16.8 Å². The molecule has 1 amide bonds. The smallest absolute Gasteiger partial charge is 0.300 e. The number of aliphatic hydroxyl groups is 1. The van der Waals surface area contributed by atoms with Crippen LogP contribution in [0.25, 0.3) is 5.76 Å². The van der Waals surface area contributed by atoms with E-state index in [1.807, 2.05) is 63.2 Å². The maximum Gasteiger partial charge on any atom is 0.300 e. The fraction of sp³-hybridized carbons (Fsp3) is 0.267. The molecule has 1 unspecified atom stereocenters. The fourth-order valence-electron chi connectivity index (χ4n) is 4.59. The average Bonchev–Trinajstić information content (AvgIpc) is 3.05. The van der Waals surface area contributed by atoms with Gasteiger partial charge < -0.3 is 5.11 Å². The van der Waals surface area contributed by atoms with Crippen molar-refractivity contribution >= 4 is 34.7 Å².